The van der Waals surface area contributed by atoms with Gasteiger partial charge in [-0.15, -0.1) is 0 Å². The first-order valence-corrected chi connectivity index (χ1v) is 10.2. The lowest BCUT2D eigenvalue weighted by molar-refractivity contribution is -0.122. The van der Waals surface area contributed by atoms with E-state index in [0.29, 0.717) is 40.1 Å². The average Bonchev–Trinajstić information content (AvgIpc) is 2.77. The zero-order valence-electron chi connectivity index (χ0n) is 17.2. The van der Waals surface area contributed by atoms with Crippen LogP contribution in [0.1, 0.15) is 24.2 Å². The molecule has 160 valence electrons. The molecule has 7 heteroatoms. The molecule has 0 aliphatic carbocycles. The molecule has 3 aromatic rings. The minimum atomic E-state index is -0.739. The van der Waals surface area contributed by atoms with Crippen LogP contribution < -0.4 is 20.1 Å². The van der Waals surface area contributed by atoms with Gasteiger partial charge in [0.15, 0.2) is 6.10 Å². The summed E-state index contributed by atoms with van der Waals surface area (Å²) in [5, 5.41) is 6.04. The van der Waals surface area contributed by atoms with E-state index in [-0.39, 0.29) is 11.8 Å². The number of carbonyl (C=O) groups excluding carboxylic acids is 2. The molecule has 0 aliphatic heterocycles. The number of hydrogen-bond acceptors (Lipinski definition) is 4. The minimum Gasteiger partial charge on any atom is -0.494 e. The molecule has 0 aromatic heterocycles. The van der Waals surface area contributed by atoms with E-state index in [1.54, 1.807) is 79.7 Å². The Labute approximate surface area is 186 Å². The lowest BCUT2D eigenvalue weighted by Gasteiger charge is -2.16. The second-order valence-corrected chi connectivity index (χ2v) is 7.08. The summed E-state index contributed by atoms with van der Waals surface area (Å²) in [7, 11) is 0. The Bertz CT molecular complexity index is 1050. The zero-order valence-corrected chi connectivity index (χ0v) is 18.0. The van der Waals surface area contributed by atoms with Gasteiger partial charge in [0.25, 0.3) is 11.8 Å². The third-order valence-corrected chi connectivity index (χ3v) is 4.64. The van der Waals surface area contributed by atoms with E-state index in [4.69, 9.17) is 21.1 Å². The summed E-state index contributed by atoms with van der Waals surface area (Å²) in [4.78, 5) is 24.9. The molecule has 0 heterocycles. The predicted octanol–water partition coefficient (Wildman–Crippen LogP) is 5.40. The van der Waals surface area contributed by atoms with Crippen molar-refractivity contribution in [1.29, 1.82) is 0 Å². The summed E-state index contributed by atoms with van der Waals surface area (Å²) in [6, 6.07) is 20.8. The Morgan fingerprint density at radius 2 is 1.61 bits per heavy atom. The number of ether oxygens (including phenoxy) is 2. The number of benzene rings is 3. The molecule has 0 bridgehead atoms. The van der Waals surface area contributed by atoms with Crippen molar-refractivity contribution < 1.29 is 19.1 Å². The van der Waals surface area contributed by atoms with E-state index in [9.17, 15) is 9.59 Å². The van der Waals surface area contributed by atoms with Gasteiger partial charge in [0.1, 0.15) is 11.5 Å². The van der Waals surface area contributed by atoms with Crippen molar-refractivity contribution in [3.05, 3.63) is 83.4 Å². The lowest BCUT2D eigenvalue weighted by atomic mass is 10.2. The number of halogens is 1. The largest absolute Gasteiger partial charge is 0.494 e. The number of carbonyl (C=O) groups is 2. The summed E-state index contributed by atoms with van der Waals surface area (Å²) in [6.45, 7) is 4.06. The van der Waals surface area contributed by atoms with Crippen molar-refractivity contribution in [2.45, 2.75) is 20.0 Å². The smallest absolute Gasteiger partial charge is 0.265 e. The summed E-state index contributed by atoms with van der Waals surface area (Å²) in [5.41, 5.74) is 1.68. The molecular formula is C24H23ClN2O4. The number of nitrogens with one attached hydrogen (secondary N) is 2. The van der Waals surface area contributed by atoms with Gasteiger partial charge in [0, 0.05) is 16.9 Å². The Balaban J connectivity index is 1.57. The van der Waals surface area contributed by atoms with Crippen molar-refractivity contribution in [1.82, 2.24) is 0 Å². The summed E-state index contributed by atoms with van der Waals surface area (Å²) in [5.74, 6) is 0.518. The highest BCUT2D eigenvalue weighted by Gasteiger charge is 2.16. The van der Waals surface area contributed by atoms with Crippen LogP contribution >= 0.6 is 11.6 Å². The Kier molecular flexibility index (Phi) is 7.51. The third-order valence-electron chi connectivity index (χ3n) is 4.33. The number of hydrogen-bond donors (Lipinski definition) is 2. The molecule has 2 amide bonds. The summed E-state index contributed by atoms with van der Waals surface area (Å²) in [6.07, 6.45) is -0.739. The molecule has 1 atom stereocenters. The molecular weight excluding hydrogens is 416 g/mol. The van der Waals surface area contributed by atoms with Gasteiger partial charge in [0.05, 0.1) is 11.6 Å². The lowest BCUT2D eigenvalue weighted by Crippen LogP contribution is -2.30. The van der Waals surface area contributed by atoms with Crippen molar-refractivity contribution in [3.8, 4) is 11.5 Å². The van der Waals surface area contributed by atoms with Gasteiger partial charge in [0.2, 0.25) is 0 Å². The maximum Gasteiger partial charge on any atom is 0.265 e. The third kappa shape index (κ3) is 6.23. The SMILES string of the molecule is CCOc1cccc(C(=O)Nc2ccc(NC(=O)C(C)Oc3ccccc3Cl)cc2)c1. The molecule has 1 unspecified atom stereocenters. The monoisotopic (exact) mass is 438 g/mol. The van der Waals surface area contributed by atoms with Crippen molar-refractivity contribution in [2.24, 2.45) is 0 Å². The number of amides is 2. The molecule has 0 radical (unpaired) electrons. The van der Waals surface area contributed by atoms with Crippen LogP contribution in [-0.4, -0.2) is 24.5 Å². The molecule has 3 rings (SSSR count). The van der Waals surface area contributed by atoms with E-state index in [0.717, 1.165) is 0 Å². The van der Waals surface area contributed by atoms with Gasteiger partial charge in [-0.3, -0.25) is 9.59 Å². The average molecular weight is 439 g/mol. The maximum atomic E-state index is 12.5. The van der Waals surface area contributed by atoms with Gasteiger partial charge >= 0.3 is 0 Å². The molecule has 3 aromatic carbocycles. The van der Waals surface area contributed by atoms with Crippen LogP contribution in [-0.2, 0) is 4.79 Å². The van der Waals surface area contributed by atoms with E-state index >= 15 is 0 Å². The van der Waals surface area contributed by atoms with E-state index in [1.165, 1.54) is 0 Å². The molecule has 0 saturated carbocycles. The number of para-hydroxylation sites is 1. The molecule has 0 spiro atoms. The van der Waals surface area contributed by atoms with Crippen LogP contribution in [0.2, 0.25) is 5.02 Å². The fraction of sp³-hybridized carbons (Fsp3) is 0.167. The topological polar surface area (TPSA) is 76.7 Å². The van der Waals surface area contributed by atoms with Crippen molar-refractivity contribution in [3.63, 3.8) is 0 Å². The second-order valence-electron chi connectivity index (χ2n) is 6.67. The van der Waals surface area contributed by atoms with Gasteiger partial charge in [-0.1, -0.05) is 29.8 Å². The van der Waals surface area contributed by atoms with Crippen LogP contribution in [0.3, 0.4) is 0 Å². The normalized spacial score (nSPS) is 11.3. The van der Waals surface area contributed by atoms with Crippen LogP contribution in [0.25, 0.3) is 0 Å². The summed E-state index contributed by atoms with van der Waals surface area (Å²) < 4.78 is 11.0. The maximum absolute atomic E-state index is 12.5. The zero-order chi connectivity index (χ0) is 22.2. The molecule has 0 aliphatic rings. The van der Waals surface area contributed by atoms with Crippen molar-refractivity contribution >= 4 is 34.8 Å². The highest BCUT2D eigenvalue weighted by Crippen LogP contribution is 2.24. The van der Waals surface area contributed by atoms with Crippen LogP contribution in [0.5, 0.6) is 11.5 Å². The standard InChI is InChI=1S/C24H23ClN2O4/c1-3-30-20-8-6-7-17(15-20)24(29)27-19-13-11-18(12-14-19)26-23(28)16(2)31-22-10-5-4-9-21(22)25/h4-16H,3H2,1-2H3,(H,26,28)(H,27,29). The molecule has 2 N–H and O–H groups in total. The predicted molar refractivity (Wildman–Crippen MR) is 122 cm³/mol. The minimum absolute atomic E-state index is 0.250. The molecule has 31 heavy (non-hydrogen) atoms. The van der Waals surface area contributed by atoms with Gasteiger partial charge in [-0.2, -0.15) is 0 Å². The first-order chi connectivity index (χ1) is 15.0. The quantitative estimate of drug-likeness (QED) is 0.494. The molecule has 0 saturated heterocycles. The van der Waals surface area contributed by atoms with Crippen molar-refractivity contribution in [2.75, 3.05) is 17.2 Å². The van der Waals surface area contributed by atoms with Gasteiger partial charge < -0.3 is 20.1 Å². The number of rotatable bonds is 8. The van der Waals surface area contributed by atoms with E-state index < -0.39 is 6.10 Å². The molecule has 6 nitrogen and oxygen atoms in total. The Morgan fingerprint density at radius 1 is 0.935 bits per heavy atom. The second kappa shape index (κ2) is 10.5. The highest BCUT2D eigenvalue weighted by molar-refractivity contribution is 6.32. The van der Waals surface area contributed by atoms with Crippen LogP contribution in [0.4, 0.5) is 11.4 Å². The van der Waals surface area contributed by atoms with Gasteiger partial charge in [-0.05, 0) is 68.4 Å². The fourth-order valence-electron chi connectivity index (χ4n) is 2.76. The van der Waals surface area contributed by atoms with Gasteiger partial charge in [-0.25, -0.2) is 0 Å². The highest BCUT2D eigenvalue weighted by atomic mass is 35.5. The van der Waals surface area contributed by atoms with Crippen LogP contribution in [0.15, 0.2) is 72.8 Å². The molecule has 0 fully saturated rings. The van der Waals surface area contributed by atoms with E-state index in [2.05, 4.69) is 10.6 Å². The van der Waals surface area contributed by atoms with E-state index in [1.807, 2.05) is 6.92 Å². The first-order valence-electron chi connectivity index (χ1n) is 9.82. The van der Waals surface area contributed by atoms with Crippen LogP contribution in [0, 0.1) is 0 Å². The summed E-state index contributed by atoms with van der Waals surface area (Å²) >= 11 is 6.06. The Morgan fingerprint density at radius 3 is 2.29 bits per heavy atom. The fourth-order valence-corrected chi connectivity index (χ4v) is 2.94. The first kappa shape index (κ1) is 22.2. The number of anilines is 2. The Hall–Kier alpha value is -3.51.